The number of hydrogen-bond donors (Lipinski definition) is 0. The highest BCUT2D eigenvalue weighted by atomic mass is 35.5. The molecule has 1 aliphatic heterocycles. The molecule has 1 amide bonds. The van der Waals surface area contributed by atoms with Crippen LogP contribution in [0.15, 0.2) is 45.7 Å². The minimum Gasteiger partial charge on any atom is -0.408 e. The standard InChI is InChI=1S/C19H18ClN3O3/c1-12-2-3-15-16(10-12)26-19(25)23(15)14-5-8-22(9-6-14)18(24)13-4-7-21-17(20)11-13/h2-4,7,10-11,14H,5-6,8-9H2,1H3. The summed E-state index contributed by atoms with van der Waals surface area (Å²) in [6.45, 7) is 3.12. The first-order chi connectivity index (χ1) is 12.5. The van der Waals surface area contributed by atoms with Crippen molar-refractivity contribution in [3.05, 3.63) is 63.4 Å². The molecule has 1 aromatic carbocycles. The van der Waals surface area contributed by atoms with E-state index >= 15 is 0 Å². The quantitative estimate of drug-likeness (QED) is 0.647. The molecular formula is C19H18ClN3O3. The third-order valence-electron chi connectivity index (χ3n) is 4.86. The van der Waals surface area contributed by atoms with Crippen molar-refractivity contribution < 1.29 is 9.21 Å². The number of rotatable bonds is 2. The van der Waals surface area contributed by atoms with E-state index in [0.717, 1.165) is 11.1 Å². The van der Waals surface area contributed by atoms with Crippen LogP contribution >= 0.6 is 11.6 Å². The molecule has 0 aliphatic carbocycles. The zero-order chi connectivity index (χ0) is 18.3. The number of oxazole rings is 1. The van der Waals surface area contributed by atoms with Crippen LogP contribution in [0.4, 0.5) is 0 Å². The Labute approximate surface area is 155 Å². The first-order valence-electron chi connectivity index (χ1n) is 8.55. The molecule has 0 atom stereocenters. The lowest BCUT2D eigenvalue weighted by molar-refractivity contribution is 0.0693. The maximum Gasteiger partial charge on any atom is 0.420 e. The molecule has 3 heterocycles. The van der Waals surface area contributed by atoms with Crippen LogP contribution in [0.25, 0.3) is 11.1 Å². The third kappa shape index (κ3) is 3.01. The molecule has 0 spiro atoms. The highest BCUT2D eigenvalue weighted by Crippen LogP contribution is 2.27. The summed E-state index contributed by atoms with van der Waals surface area (Å²) in [5, 5.41) is 0.303. The van der Waals surface area contributed by atoms with E-state index in [-0.39, 0.29) is 17.7 Å². The van der Waals surface area contributed by atoms with Gasteiger partial charge in [-0.05, 0) is 49.6 Å². The number of carbonyl (C=O) groups is 1. The highest BCUT2D eigenvalue weighted by Gasteiger charge is 2.27. The van der Waals surface area contributed by atoms with Gasteiger partial charge in [0.05, 0.1) is 5.52 Å². The Morgan fingerprint density at radius 2 is 2.00 bits per heavy atom. The fourth-order valence-corrected chi connectivity index (χ4v) is 3.71. The van der Waals surface area contributed by atoms with Crippen LogP contribution < -0.4 is 5.76 Å². The number of aromatic nitrogens is 2. The van der Waals surface area contributed by atoms with Gasteiger partial charge in [-0.2, -0.15) is 0 Å². The zero-order valence-electron chi connectivity index (χ0n) is 14.3. The predicted molar refractivity (Wildman–Crippen MR) is 98.6 cm³/mol. The SMILES string of the molecule is Cc1ccc2c(c1)oc(=O)n2C1CCN(C(=O)c2ccnc(Cl)c2)CC1. The maximum absolute atomic E-state index is 12.6. The summed E-state index contributed by atoms with van der Waals surface area (Å²) in [7, 11) is 0. The van der Waals surface area contributed by atoms with Gasteiger partial charge < -0.3 is 9.32 Å². The average molecular weight is 372 g/mol. The summed E-state index contributed by atoms with van der Waals surface area (Å²) >= 11 is 5.87. The van der Waals surface area contributed by atoms with Crippen molar-refractivity contribution in [2.24, 2.45) is 0 Å². The fraction of sp³-hybridized carbons (Fsp3) is 0.316. The van der Waals surface area contributed by atoms with E-state index in [1.165, 1.54) is 6.20 Å². The third-order valence-corrected chi connectivity index (χ3v) is 5.07. The first-order valence-corrected chi connectivity index (χ1v) is 8.93. The normalized spacial score (nSPS) is 15.5. The summed E-state index contributed by atoms with van der Waals surface area (Å²) in [6.07, 6.45) is 2.93. The number of pyridine rings is 1. The molecule has 0 saturated carbocycles. The Bertz CT molecular complexity index is 1030. The van der Waals surface area contributed by atoms with Crippen LogP contribution in [0.3, 0.4) is 0 Å². The molecule has 0 radical (unpaired) electrons. The lowest BCUT2D eigenvalue weighted by atomic mass is 10.0. The number of piperidine rings is 1. The van der Waals surface area contributed by atoms with Crippen molar-refractivity contribution >= 4 is 28.6 Å². The van der Waals surface area contributed by atoms with Gasteiger partial charge in [0.2, 0.25) is 0 Å². The van der Waals surface area contributed by atoms with Gasteiger partial charge >= 0.3 is 5.76 Å². The molecule has 134 valence electrons. The molecule has 1 fully saturated rings. The Morgan fingerprint density at radius 3 is 2.73 bits per heavy atom. The zero-order valence-corrected chi connectivity index (χ0v) is 15.1. The average Bonchev–Trinajstić information content (AvgIpc) is 2.96. The van der Waals surface area contributed by atoms with E-state index < -0.39 is 0 Å². The molecule has 2 aromatic heterocycles. The monoisotopic (exact) mass is 371 g/mol. The van der Waals surface area contributed by atoms with Gasteiger partial charge in [0.1, 0.15) is 5.15 Å². The fourth-order valence-electron chi connectivity index (χ4n) is 3.53. The molecule has 0 bridgehead atoms. The molecule has 1 saturated heterocycles. The predicted octanol–water partition coefficient (Wildman–Crippen LogP) is 3.43. The summed E-state index contributed by atoms with van der Waals surface area (Å²) in [5.74, 6) is -0.399. The van der Waals surface area contributed by atoms with Crippen molar-refractivity contribution in [2.45, 2.75) is 25.8 Å². The summed E-state index contributed by atoms with van der Waals surface area (Å²) in [6, 6.07) is 9.03. The van der Waals surface area contributed by atoms with Crippen LogP contribution in [0, 0.1) is 6.92 Å². The molecule has 7 heteroatoms. The number of benzene rings is 1. The van der Waals surface area contributed by atoms with Crippen molar-refractivity contribution in [3.63, 3.8) is 0 Å². The molecule has 0 unspecified atom stereocenters. The Balaban J connectivity index is 1.53. The van der Waals surface area contributed by atoms with Gasteiger partial charge in [-0.15, -0.1) is 0 Å². The molecular weight excluding hydrogens is 354 g/mol. The van der Waals surface area contributed by atoms with Crippen molar-refractivity contribution in [3.8, 4) is 0 Å². The second kappa shape index (κ2) is 6.61. The largest absolute Gasteiger partial charge is 0.420 e. The number of hydrogen-bond acceptors (Lipinski definition) is 4. The van der Waals surface area contributed by atoms with Crippen molar-refractivity contribution in [1.29, 1.82) is 0 Å². The van der Waals surface area contributed by atoms with E-state index in [1.807, 2.05) is 25.1 Å². The van der Waals surface area contributed by atoms with Crippen LogP contribution in [-0.2, 0) is 0 Å². The van der Waals surface area contributed by atoms with Gasteiger partial charge in [0.25, 0.3) is 5.91 Å². The maximum atomic E-state index is 12.6. The van der Waals surface area contributed by atoms with E-state index in [1.54, 1.807) is 21.6 Å². The number of halogens is 1. The second-order valence-electron chi connectivity index (χ2n) is 6.60. The second-order valence-corrected chi connectivity index (χ2v) is 6.99. The van der Waals surface area contributed by atoms with Crippen molar-refractivity contribution in [1.82, 2.24) is 14.5 Å². The van der Waals surface area contributed by atoms with Gasteiger partial charge in [-0.1, -0.05) is 17.7 Å². The number of fused-ring (bicyclic) bond motifs is 1. The molecule has 4 rings (SSSR count). The first kappa shape index (κ1) is 16.8. The molecule has 6 nitrogen and oxygen atoms in total. The number of likely N-dealkylation sites (tertiary alicyclic amines) is 1. The summed E-state index contributed by atoms with van der Waals surface area (Å²) in [5.41, 5.74) is 3.01. The number of aryl methyl sites for hydroxylation is 1. The molecule has 1 aliphatic rings. The van der Waals surface area contributed by atoms with Crippen LogP contribution in [0.1, 0.15) is 34.8 Å². The van der Waals surface area contributed by atoms with E-state index in [9.17, 15) is 9.59 Å². The minimum absolute atomic E-state index is 0.0246. The topological polar surface area (TPSA) is 68.3 Å². The molecule has 26 heavy (non-hydrogen) atoms. The lowest BCUT2D eigenvalue weighted by Crippen LogP contribution is -2.40. The van der Waals surface area contributed by atoms with E-state index in [2.05, 4.69) is 4.98 Å². The van der Waals surface area contributed by atoms with Crippen molar-refractivity contribution in [2.75, 3.05) is 13.1 Å². The Hall–Kier alpha value is -2.60. The Kier molecular flexibility index (Phi) is 4.28. The van der Waals surface area contributed by atoms with Crippen LogP contribution in [-0.4, -0.2) is 33.4 Å². The summed E-state index contributed by atoms with van der Waals surface area (Å²) in [4.78, 5) is 30.6. The number of nitrogens with zero attached hydrogens (tertiary/aromatic N) is 3. The van der Waals surface area contributed by atoms with E-state index in [0.29, 0.717) is 42.2 Å². The molecule has 3 aromatic rings. The van der Waals surface area contributed by atoms with Gasteiger partial charge in [0.15, 0.2) is 5.58 Å². The lowest BCUT2D eigenvalue weighted by Gasteiger charge is -2.32. The van der Waals surface area contributed by atoms with E-state index in [4.69, 9.17) is 16.0 Å². The van der Waals surface area contributed by atoms with Gasteiger partial charge in [-0.25, -0.2) is 9.78 Å². The Morgan fingerprint density at radius 1 is 1.23 bits per heavy atom. The number of carbonyl (C=O) groups excluding carboxylic acids is 1. The van der Waals surface area contributed by atoms with Crippen LogP contribution in [0.2, 0.25) is 5.15 Å². The summed E-state index contributed by atoms with van der Waals surface area (Å²) < 4.78 is 7.12. The smallest absolute Gasteiger partial charge is 0.408 e. The van der Waals surface area contributed by atoms with Gasteiger partial charge in [-0.3, -0.25) is 9.36 Å². The molecule has 0 N–H and O–H groups in total. The van der Waals surface area contributed by atoms with Crippen LogP contribution in [0.5, 0.6) is 0 Å². The number of amides is 1. The van der Waals surface area contributed by atoms with Gasteiger partial charge in [0, 0.05) is 30.9 Å². The highest BCUT2D eigenvalue weighted by molar-refractivity contribution is 6.29. The minimum atomic E-state index is -0.337.